The van der Waals surface area contributed by atoms with Crippen molar-refractivity contribution in [2.75, 3.05) is 6.61 Å². The fraction of sp³-hybridized carbons (Fsp3) is 0.500. The fourth-order valence-corrected chi connectivity index (χ4v) is 2.73. The van der Waals surface area contributed by atoms with Crippen molar-refractivity contribution in [2.24, 2.45) is 0 Å². The summed E-state index contributed by atoms with van der Waals surface area (Å²) in [5, 5.41) is 15.2. The van der Waals surface area contributed by atoms with Gasteiger partial charge in [0.15, 0.2) is 0 Å². The molecule has 2 atom stereocenters. The minimum atomic E-state index is -0.119. The molecule has 0 saturated carbocycles. The molecule has 7 heteroatoms. The molecule has 1 aliphatic rings. The van der Waals surface area contributed by atoms with Gasteiger partial charge in [0, 0.05) is 12.2 Å². The minimum absolute atomic E-state index is 0.0613. The van der Waals surface area contributed by atoms with Crippen molar-refractivity contribution in [3.63, 3.8) is 0 Å². The molecule has 1 amide bonds. The summed E-state index contributed by atoms with van der Waals surface area (Å²) in [7, 11) is 0. The molecule has 0 spiro atoms. The Labute approximate surface area is 135 Å². The summed E-state index contributed by atoms with van der Waals surface area (Å²) in [4.78, 5) is 13.4. The number of tetrazole rings is 1. The van der Waals surface area contributed by atoms with E-state index < -0.39 is 0 Å². The van der Waals surface area contributed by atoms with Gasteiger partial charge in [-0.05, 0) is 25.0 Å². The monoisotopic (exact) mass is 315 g/mol. The molecule has 0 aliphatic carbocycles. The molecule has 0 bridgehead atoms. The van der Waals surface area contributed by atoms with Crippen molar-refractivity contribution in [1.29, 1.82) is 0 Å². The number of aromatic nitrogens is 4. The third-order valence-corrected chi connectivity index (χ3v) is 4.01. The van der Waals surface area contributed by atoms with E-state index in [2.05, 4.69) is 27.7 Å². The van der Waals surface area contributed by atoms with Crippen molar-refractivity contribution in [2.45, 2.75) is 45.4 Å². The van der Waals surface area contributed by atoms with E-state index in [1.807, 2.05) is 31.2 Å². The van der Waals surface area contributed by atoms with Crippen LogP contribution < -0.4 is 5.32 Å². The zero-order valence-electron chi connectivity index (χ0n) is 13.4. The number of carbonyl (C=O) groups excluding carboxylic acids is 1. The summed E-state index contributed by atoms with van der Waals surface area (Å²) in [6.45, 7) is 4.84. The average Bonchev–Trinajstić information content (AvgIpc) is 3.17. The predicted octanol–water partition coefficient (Wildman–Crippen LogP) is 1.33. The van der Waals surface area contributed by atoms with E-state index in [1.54, 1.807) is 0 Å². The zero-order chi connectivity index (χ0) is 16.2. The maximum Gasteiger partial charge on any atom is 0.243 e. The Hall–Kier alpha value is -2.28. The Morgan fingerprint density at radius 1 is 1.39 bits per heavy atom. The van der Waals surface area contributed by atoms with Crippen LogP contribution in [-0.2, 0) is 16.1 Å². The molecule has 7 nitrogen and oxygen atoms in total. The van der Waals surface area contributed by atoms with Crippen LogP contribution in [0, 0.1) is 6.92 Å². The van der Waals surface area contributed by atoms with Crippen molar-refractivity contribution < 1.29 is 9.53 Å². The number of hydrogen-bond donors (Lipinski definition) is 1. The number of benzene rings is 1. The van der Waals surface area contributed by atoms with E-state index in [9.17, 15) is 4.79 Å². The first kappa shape index (κ1) is 15.6. The molecule has 1 fully saturated rings. The van der Waals surface area contributed by atoms with Crippen LogP contribution in [0.4, 0.5) is 0 Å². The second-order valence-electron chi connectivity index (χ2n) is 5.79. The maximum atomic E-state index is 12.1. The highest BCUT2D eigenvalue weighted by Crippen LogP contribution is 2.16. The molecule has 2 heterocycles. The number of ether oxygens (including phenoxy) is 1. The lowest BCUT2D eigenvalue weighted by Crippen LogP contribution is -2.42. The Morgan fingerprint density at radius 2 is 2.17 bits per heavy atom. The lowest BCUT2D eigenvalue weighted by atomic mass is 10.1. The van der Waals surface area contributed by atoms with Gasteiger partial charge in [0.05, 0.1) is 12.1 Å². The van der Waals surface area contributed by atoms with Crippen molar-refractivity contribution in [1.82, 2.24) is 25.5 Å². The van der Waals surface area contributed by atoms with Gasteiger partial charge in [-0.3, -0.25) is 4.79 Å². The molecule has 1 aromatic heterocycles. The summed E-state index contributed by atoms with van der Waals surface area (Å²) in [6.07, 6.45) is 1.85. The number of nitrogens with one attached hydrogen (secondary N) is 1. The van der Waals surface area contributed by atoms with Gasteiger partial charge in [0.1, 0.15) is 6.54 Å². The summed E-state index contributed by atoms with van der Waals surface area (Å²) in [5.74, 6) is 0.403. The third kappa shape index (κ3) is 3.73. The second-order valence-corrected chi connectivity index (χ2v) is 5.79. The second kappa shape index (κ2) is 6.87. The van der Waals surface area contributed by atoms with Crippen molar-refractivity contribution in [3.05, 3.63) is 29.8 Å². The van der Waals surface area contributed by atoms with Gasteiger partial charge in [-0.1, -0.05) is 36.8 Å². The number of hydrogen-bond acceptors (Lipinski definition) is 5. The first-order valence-corrected chi connectivity index (χ1v) is 7.91. The SMILES string of the molecule is CC[C@@H]1OCC[C@H]1NC(=O)Cn1nnc(-c2ccc(C)cc2)n1. The van der Waals surface area contributed by atoms with Crippen molar-refractivity contribution >= 4 is 5.91 Å². The van der Waals surface area contributed by atoms with E-state index in [0.717, 1.165) is 18.4 Å². The average molecular weight is 315 g/mol. The lowest BCUT2D eigenvalue weighted by molar-refractivity contribution is -0.123. The molecule has 1 aromatic carbocycles. The molecule has 1 saturated heterocycles. The van der Waals surface area contributed by atoms with Crippen molar-refractivity contribution in [3.8, 4) is 11.4 Å². The van der Waals surface area contributed by atoms with E-state index >= 15 is 0 Å². The Morgan fingerprint density at radius 3 is 2.91 bits per heavy atom. The summed E-state index contributed by atoms with van der Waals surface area (Å²) in [6, 6.07) is 7.95. The summed E-state index contributed by atoms with van der Waals surface area (Å²) in [5.41, 5.74) is 2.06. The van der Waals surface area contributed by atoms with Crippen LogP contribution >= 0.6 is 0 Å². The van der Waals surface area contributed by atoms with E-state index in [4.69, 9.17) is 4.74 Å². The summed E-state index contributed by atoms with van der Waals surface area (Å²) < 4.78 is 5.57. The number of amides is 1. The topological polar surface area (TPSA) is 81.9 Å². The molecular weight excluding hydrogens is 294 g/mol. The molecule has 1 aliphatic heterocycles. The molecule has 3 rings (SSSR count). The molecule has 0 unspecified atom stereocenters. The van der Waals surface area contributed by atoms with Crippen LogP contribution in [-0.4, -0.2) is 44.9 Å². The molecule has 23 heavy (non-hydrogen) atoms. The predicted molar refractivity (Wildman–Crippen MR) is 84.6 cm³/mol. The molecule has 0 radical (unpaired) electrons. The van der Waals surface area contributed by atoms with Gasteiger partial charge in [-0.15, -0.1) is 10.2 Å². The van der Waals surface area contributed by atoms with Crippen LogP contribution in [0.2, 0.25) is 0 Å². The highest BCUT2D eigenvalue weighted by Gasteiger charge is 2.28. The van der Waals surface area contributed by atoms with Crippen LogP contribution in [0.25, 0.3) is 11.4 Å². The largest absolute Gasteiger partial charge is 0.376 e. The highest BCUT2D eigenvalue weighted by molar-refractivity contribution is 5.76. The van der Waals surface area contributed by atoms with E-state index in [-0.39, 0.29) is 24.6 Å². The van der Waals surface area contributed by atoms with Crippen LogP contribution in [0.5, 0.6) is 0 Å². The fourth-order valence-electron chi connectivity index (χ4n) is 2.73. The zero-order valence-corrected chi connectivity index (χ0v) is 13.4. The van der Waals surface area contributed by atoms with E-state index in [0.29, 0.717) is 12.4 Å². The Kier molecular flexibility index (Phi) is 4.66. The van der Waals surface area contributed by atoms with Gasteiger partial charge in [0.2, 0.25) is 11.7 Å². The first-order chi connectivity index (χ1) is 11.2. The summed E-state index contributed by atoms with van der Waals surface area (Å²) >= 11 is 0. The first-order valence-electron chi connectivity index (χ1n) is 7.91. The number of carbonyl (C=O) groups is 1. The van der Waals surface area contributed by atoms with Gasteiger partial charge < -0.3 is 10.1 Å². The van der Waals surface area contributed by atoms with Gasteiger partial charge in [-0.2, -0.15) is 4.80 Å². The molecular formula is C16H21N5O2. The highest BCUT2D eigenvalue weighted by atomic mass is 16.5. The Bertz CT molecular complexity index is 667. The van der Waals surface area contributed by atoms with Gasteiger partial charge in [-0.25, -0.2) is 0 Å². The molecule has 2 aromatic rings. The van der Waals surface area contributed by atoms with Crippen LogP contribution in [0.15, 0.2) is 24.3 Å². The standard InChI is InChI=1S/C16H21N5O2/c1-3-14-13(8-9-23-14)17-15(22)10-21-19-16(18-20-21)12-6-4-11(2)5-7-12/h4-7,13-14H,3,8-10H2,1-2H3,(H,17,22)/t13-,14+/m1/s1. The number of rotatable bonds is 5. The normalized spacial score (nSPS) is 20.6. The third-order valence-electron chi connectivity index (χ3n) is 4.01. The quantitative estimate of drug-likeness (QED) is 0.900. The van der Waals surface area contributed by atoms with Crippen LogP contribution in [0.1, 0.15) is 25.3 Å². The Balaban J connectivity index is 1.60. The van der Waals surface area contributed by atoms with Gasteiger partial charge in [0.25, 0.3) is 0 Å². The number of nitrogens with zero attached hydrogens (tertiary/aromatic N) is 4. The van der Waals surface area contributed by atoms with Gasteiger partial charge >= 0.3 is 0 Å². The molecule has 122 valence electrons. The smallest absolute Gasteiger partial charge is 0.243 e. The molecule has 1 N–H and O–H groups in total. The lowest BCUT2D eigenvalue weighted by Gasteiger charge is -2.17. The maximum absolute atomic E-state index is 12.1. The minimum Gasteiger partial charge on any atom is -0.376 e. The van der Waals surface area contributed by atoms with Crippen LogP contribution in [0.3, 0.4) is 0 Å². The van der Waals surface area contributed by atoms with E-state index in [1.165, 1.54) is 10.4 Å². The number of aryl methyl sites for hydroxylation is 1.